The number of rotatable bonds is 7. The highest BCUT2D eigenvalue weighted by Crippen LogP contribution is 2.30. The van der Waals surface area contributed by atoms with E-state index in [1.807, 2.05) is 20.8 Å². The maximum atomic E-state index is 13.4. The van der Waals surface area contributed by atoms with Gasteiger partial charge in [-0.3, -0.25) is 14.4 Å². The second-order valence-electron chi connectivity index (χ2n) is 10.0. The molecule has 0 spiro atoms. The van der Waals surface area contributed by atoms with Gasteiger partial charge in [-0.15, -0.1) is 0 Å². The molecule has 33 heavy (non-hydrogen) atoms. The summed E-state index contributed by atoms with van der Waals surface area (Å²) in [6.45, 7) is 6.40. The van der Waals surface area contributed by atoms with Crippen LogP contribution in [0.3, 0.4) is 0 Å². The van der Waals surface area contributed by atoms with E-state index in [-0.39, 0.29) is 23.7 Å². The predicted molar refractivity (Wildman–Crippen MR) is 126 cm³/mol. The summed E-state index contributed by atoms with van der Waals surface area (Å²) in [4.78, 5) is 53.9. The first-order valence-corrected chi connectivity index (χ1v) is 11.6. The van der Waals surface area contributed by atoms with Gasteiger partial charge in [-0.25, -0.2) is 9.69 Å². The van der Waals surface area contributed by atoms with Crippen molar-refractivity contribution in [1.29, 1.82) is 0 Å². The highest BCUT2D eigenvalue weighted by molar-refractivity contribution is 6.23. The number of carbonyl (C=O) groups is 4. The van der Waals surface area contributed by atoms with E-state index in [2.05, 4.69) is 6.08 Å². The standard InChI is InChI=1S/C26H34N2O5/c1-26(2,3)17-23(30)27(15-14-18-8-6-5-7-9-18)21-16-22(29)28(24(21)31)20-12-10-19(11-13-20)25(32)33-4/h8,10-13,21H,5-7,9,14-17H2,1-4H3. The van der Waals surface area contributed by atoms with Crippen molar-refractivity contribution in [2.75, 3.05) is 18.6 Å². The van der Waals surface area contributed by atoms with Gasteiger partial charge in [0.2, 0.25) is 11.8 Å². The van der Waals surface area contributed by atoms with E-state index >= 15 is 0 Å². The smallest absolute Gasteiger partial charge is 0.337 e. The van der Waals surface area contributed by atoms with E-state index < -0.39 is 17.9 Å². The Balaban J connectivity index is 1.81. The summed E-state index contributed by atoms with van der Waals surface area (Å²) in [6, 6.07) is 5.34. The van der Waals surface area contributed by atoms with Crippen molar-refractivity contribution in [2.45, 2.75) is 71.8 Å². The SMILES string of the molecule is COC(=O)c1ccc(N2C(=O)CC(N(CCC3=CCCCC3)C(=O)CC(C)(C)C)C2=O)cc1. The number of imide groups is 1. The first kappa shape index (κ1) is 24.7. The van der Waals surface area contributed by atoms with Crippen molar-refractivity contribution in [3.63, 3.8) is 0 Å². The van der Waals surface area contributed by atoms with E-state index in [9.17, 15) is 19.2 Å². The van der Waals surface area contributed by atoms with Crippen LogP contribution >= 0.6 is 0 Å². The van der Waals surface area contributed by atoms with E-state index in [1.165, 1.54) is 31.2 Å². The number of hydrogen-bond donors (Lipinski definition) is 0. The van der Waals surface area contributed by atoms with Crippen LogP contribution in [0.1, 0.15) is 76.1 Å². The predicted octanol–water partition coefficient (Wildman–Crippen LogP) is 4.26. The van der Waals surface area contributed by atoms with Crippen LogP contribution in [0, 0.1) is 5.41 Å². The third-order valence-electron chi connectivity index (χ3n) is 6.11. The van der Waals surface area contributed by atoms with E-state index in [0.717, 1.165) is 30.6 Å². The van der Waals surface area contributed by atoms with Gasteiger partial charge in [0.25, 0.3) is 5.91 Å². The number of anilines is 1. The number of benzene rings is 1. The minimum absolute atomic E-state index is 0.0352. The molecule has 0 bridgehead atoms. The minimum atomic E-state index is -0.808. The Labute approximate surface area is 195 Å². The lowest BCUT2D eigenvalue weighted by Gasteiger charge is -2.31. The van der Waals surface area contributed by atoms with E-state index in [1.54, 1.807) is 17.0 Å². The van der Waals surface area contributed by atoms with E-state index in [4.69, 9.17) is 4.74 Å². The van der Waals surface area contributed by atoms with Crippen LogP contribution in [-0.2, 0) is 19.1 Å². The molecule has 0 N–H and O–H groups in total. The molecule has 2 aliphatic rings. The van der Waals surface area contributed by atoms with Crippen molar-refractivity contribution in [2.24, 2.45) is 5.41 Å². The van der Waals surface area contributed by atoms with Crippen LogP contribution in [0.2, 0.25) is 0 Å². The van der Waals surface area contributed by atoms with Gasteiger partial charge in [-0.2, -0.15) is 0 Å². The van der Waals surface area contributed by atoms with Gasteiger partial charge < -0.3 is 9.64 Å². The Hall–Kier alpha value is -2.96. The van der Waals surface area contributed by atoms with Gasteiger partial charge in [0.15, 0.2) is 0 Å². The van der Waals surface area contributed by atoms with E-state index in [0.29, 0.717) is 24.2 Å². The highest BCUT2D eigenvalue weighted by atomic mass is 16.5. The highest BCUT2D eigenvalue weighted by Gasteiger charge is 2.44. The van der Waals surface area contributed by atoms with Crippen molar-refractivity contribution in [3.8, 4) is 0 Å². The molecule has 1 atom stereocenters. The van der Waals surface area contributed by atoms with Crippen LogP contribution in [0.25, 0.3) is 0 Å². The number of carbonyl (C=O) groups excluding carboxylic acids is 4. The topological polar surface area (TPSA) is 84.0 Å². The lowest BCUT2D eigenvalue weighted by molar-refractivity contribution is -0.139. The van der Waals surface area contributed by atoms with Crippen molar-refractivity contribution in [1.82, 2.24) is 4.90 Å². The fraction of sp³-hybridized carbons (Fsp3) is 0.538. The number of amides is 3. The molecule has 178 valence electrons. The van der Waals surface area contributed by atoms with Crippen molar-refractivity contribution in [3.05, 3.63) is 41.5 Å². The van der Waals surface area contributed by atoms with Crippen molar-refractivity contribution < 1.29 is 23.9 Å². The second-order valence-corrected chi connectivity index (χ2v) is 10.0. The number of allylic oxidation sites excluding steroid dienone is 1. The molecule has 1 aliphatic carbocycles. The summed E-state index contributed by atoms with van der Waals surface area (Å²) in [6.07, 6.45) is 7.66. The third kappa shape index (κ3) is 6.09. The number of methoxy groups -OCH3 is 1. The Morgan fingerprint density at radius 2 is 1.82 bits per heavy atom. The summed E-state index contributed by atoms with van der Waals surface area (Å²) in [5.74, 6) is -1.34. The number of ether oxygens (including phenoxy) is 1. The van der Waals surface area contributed by atoms with Gasteiger partial charge in [-0.05, 0) is 61.8 Å². The molecule has 3 amide bonds. The molecule has 0 radical (unpaired) electrons. The van der Waals surface area contributed by atoms with Gasteiger partial charge in [-0.1, -0.05) is 32.4 Å². The fourth-order valence-corrected chi connectivity index (χ4v) is 4.40. The largest absolute Gasteiger partial charge is 0.465 e. The monoisotopic (exact) mass is 454 g/mol. The maximum absolute atomic E-state index is 13.4. The molecule has 1 fully saturated rings. The molecule has 1 unspecified atom stereocenters. The molecule has 1 aromatic rings. The zero-order chi connectivity index (χ0) is 24.2. The molecule has 3 rings (SSSR count). The number of hydrogen-bond acceptors (Lipinski definition) is 5. The summed E-state index contributed by atoms with van der Waals surface area (Å²) in [5, 5.41) is 0. The average molecular weight is 455 g/mol. The van der Waals surface area contributed by atoms with Gasteiger partial charge >= 0.3 is 5.97 Å². The first-order chi connectivity index (χ1) is 15.6. The normalized spacial score (nSPS) is 18.8. The Morgan fingerprint density at radius 3 is 2.39 bits per heavy atom. The summed E-state index contributed by atoms with van der Waals surface area (Å²) in [7, 11) is 1.29. The molecular formula is C26H34N2O5. The second kappa shape index (κ2) is 10.3. The fourth-order valence-electron chi connectivity index (χ4n) is 4.40. The van der Waals surface area contributed by atoms with Crippen LogP contribution in [0.4, 0.5) is 5.69 Å². The van der Waals surface area contributed by atoms with Gasteiger partial charge in [0.05, 0.1) is 24.8 Å². The molecule has 0 aromatic heterocycles. The summed E-state index contributed by atoms with van der Waals surface area (Å²) < 4.78 is 4.70. The summed E-state index contributed by atoms with van der Waals surface area (Å²) in [5.41, 5.74) is 1.81. The number of nitrogens with zero attached hydrogens (tertiary/aromatic N) is 2. The van der Waals surface area contributed by atoms with Crippen LogP contribution in [0.5, 0.6) is 0 Å². The Kier molecular flexibility index (Phi) is 7.72. The minimum Gasteiger partial charge on any atom is -0.465 e. The zero-order valence-corrected chi connectivity index (χ0v) is 20.1. The molecule has 1 aliphatic heterocycles. The molecule has 0 saturated carbocycles. The van der Waals surface area contributed by atoms with Crippen LogP contribution in [-0.4, -0.2) is 48.3 Å². The molecule has 7 heteroatoms. The summed E-state index contributed by atoms with van der Waals surface area (Å²) >= 11 is 0. The molecule has 1 aromatic carbocycles. The molecule has 7 nitrogen and oxygen atoms in total. The number of esters is 1. The average Bonchev–Trinajstić information content (AvgIpc) is 3.06. The van der Waals surface area contributed by atoms with Crippen LogP contribution < -0.4 is 4.90 Å². The lowest BCUT2D eigenvalue weighted by Crippen LogP contribution is -2.47. The lowest BCUT2D eigenvalue weighted by atomic mass is 9.91. The Morgan fingerprint density at radius 1 is 1.12 bits per heavy atom. The van der Waals surface area contributed by atoms with Gasteiger partial charge in [0, 0.05) is 13.0 Å². The first-order valence-electron chi connectivity index (χ1n) is 11.6. The van der Waals surface area contributed by atoms with Crippen molar-refractivity contribution >= 4 is 29.4 Å². The Bertz CT molecular complexity index is 942. The zero-order valence-electron chi connectivity index (χ0n) is 20.1. The van der Waals surface area contributed by atoms with Crippen LogP contribution in [0.15, 0.2) is 35.9 Å². The molecule has 1 heterocycles. The maximum Gasteiger partial charge on any atom is 0.337 e. The molecule has 1 saturated heterocycles. The molecular weight excluding hydrogens is 420 g/mol. The quantitative estimate of drug-likeness (QED) is 0.349. The third-order valence-corrected chi connectivity index (χ3v) is 6.11. The van der Waals surface area contributed by atoms with Gasteiger partial charge in [0.1, 0.15) is 6.04 Å².